The van der Waals surface area contributed by atoms with E-state index in [9.17, 15) is 5.11 Å². The molecule has 1 rings (SSSR count). The predicted octanol–water partition coefficient (Wildman–Crippen LogP) is 2.71. The Bertz CT molecular complexity index is 418. The zero-order valence-corrected chi connectivity index (χ0v) is 13.8. The average molecular weight is 295 g/mol. The summed E-state index contributed by atoms with van der Waals surface area (Å²) in [6.45, 7) is 10.5. The smallest absolute Gasteiger partial charge is 0.161 e. The molecule has 4 heteroatoms. The molecule has 2 N–H and O–H groups in total. The number of rotatable bonds is 9. The van der Waals surface area contributed by atoms with Crippen LogP contribution in [0, 0.1) is 11.3 Å². The van der Waals surface area contributed by atoms with Crippen LogP contribution in [0.5, 0.6) is 11.5 Å². The summed E-state index contributed by atoms with van der Waals surface area (Å²) in [5.74, 6) is 1.92. The van der Waals surface area contributed by atoms with Crippen LogP contribution in [0.1, 0.15) is 27.7 Å². The Morgan fingerprint density at radius 2 is 1.81 bits per heavy atom. The molecule has 0 aliphatic rings. The first-order valence-electron chi connectivity index (χ1n) is 7.51. The number of methoxy groups -OCH3 is 1. The van der Waals surface area contributed by atoms with Crippen molar-refractivity contribution in [3.63, 3.8) is 0 Å². The number of hydrogen-bond acceptors (Lipinski definition) is 4. The van der Waals surface area contributed by atoms with Crippen LogP contribution in [-0.2, 0) is 0 Å². The lowest BCUT2D eigenvalue weighted by Gasteiger charge is -2.30. The van der Waals surface area contributed by atoms with Crippen molar-refractivity contribution in [3.05, 3.63) is 24.3 Å². The number of ether oxygens (including phenoxy) is 2. The standard InChI is InChI=1S/C17H29NO3/c1-13(2)17(3,4)12-18-10-14(19)11-21-16-9-7-6-8-15(16)20-5/h6-9,13-14,18-19H,10-12H2,1-5H3. The Balaban J connectivity index is 2.33. The van der Waals surface area contributed by atoms with Crippen LogP contribution in [0.25, 0.3) is 0 Å². The molecule has 0 aliphatic carbocycles. The summed E-state index contributed by atoms with van der Waals surface area (Å²) in [7, 11) is 1.61. The lowest BCUT2D eigenvalue weighted by Crippen LogP contribution is -2.39. The monoisotopic (exact) mass is 295 g/mol. The van der Waals surface area contributed by atoms with E-state index in [1.165, 1.54) is 0 Å². The first kappa shape index (κ1) is 17.8. The molecule has 0 heterocycles. The van der Waals surface area contributed by atoms with Crippen molar-refractivity contribution in [2.24, 2.45) is 11.3 Å². The van der Waals surface area contributed by atoms with E-state index in [1.807, 2.05) is 24.3 Å². The van der Waals surface area contributed by atoms with Gasteiger partial charge in [0, 0.05) is 13.1 Å². The minimum Gasteiger partial charge on any atom is -0.493 e. The Kier molecular flexibility index (Phi) is 6.99. The number of nitrogens with one attached hydrogen (secondary N) is 1. The number of benzene rings is 1. The van der Waals surface area contributed by atoms with Gasteiger partial charge in [0.05, 0.1) is 7.11 Å². The van der Waals surface area contributed by atoms with Crippen molar-refractivity contribution < 1.29 is 14.6 Å². The molecule has 1 atom stereocenters. The van der Waals surface area contributed by atoms with Crippen molar-refractivity contribution in [2.45, 2.75) is 33.8 Å². The third-order valence-corrected chi connectivity index (χ3v) is 4.02. The van der Waals surface area contributed by atoms with Gasteiger partial charge in [-0.05, 0) is 23.5 Å². The van der Waals surface area contributed by atoms with Crippen molar-refractivity contribution in [1.82, 2.24) is 5.32 Å². The molecule has 0 spiro atoms. The SMILES string of the molecule is COc1ccccc1OCC(O)CNCC(C)(C)C(C)C. The van der Waals surface area contributed by atoms with Gasteiger partial charge >= 0.3 is 0 Å². The molecule has 1 unspecified atom stereocenters. The maximum atomic E-state index is 9.98. The Morgan fingerprint density at radius 3 is 2.38 bits per heavy atom. The zero-order chi connectivity index (χ0) is 15.9. The molecule has 1 aromatic carbocycles. The van der Waals surface area contributed by atoms with Gasteiger partial charge < -0.3 is 19.9 Å². The van der Waals surface area contributed by atoms with Crippen LogP contribution in [0.4, 0.5) is 0 Å². The summed E-state index contributed by atoms with van der Waals surface area (Å²) in [5, 5.41) is 13.3. The van der Waals surface area contributed by atoms with Gasteiger partial charge in [0.25, 0.3) is 0 Å². The second kappa shape index (κ2) is 8.25. The summed E-state index contributed by atoms with van der Waals surface area (Å²) >= 11 is 0. The molecule has 21 heavy (non-hydrogen) atoms. The summed E-state index contributed by atoms with van der Waals surface area (Å²) in [6, 6.07) is 7.44. The molecule has 0 bridgehead atoms. The van der Waals surface area contributed by atoms with Crippen molar-refractivity contribution >= 4 is 0 Å². The maximum absolute atomic E-state index is 9.98. The summed E-state index contributed by atoms with van der Waals surface area (Å²) in [4.78, 5) is 0. The maximum Gasteiger partial charge on any atom is 0.161 e. The van der Waals surface area contributed by atoms with Gasteiger partial charge in [0.2, 0.25) is 0 Å². The van der Waals surface area contributed by atoms with E-state index < -0.39 is 6.10 Å². The summed E-state index contributed by atoms with van der Waals surface area (Å²) in [5.41, 5.74) is 0.212. The van der Waals surface area contributed by atoms with Gasteiger partial charge in [-0.15, -0.1) is 0 Å². The minimum atomic E-state index is -0.544. The Hall–Kier alpha value is -1.26. The van der Waals surface area contributed by atoms with Crippen LogP contribution in [0.15, 0.2) is 24.3 Å². The third-order valence-electron chi connectivity index (χ3n) is 4.02. The van der Waals surface area contributed by atoms with E-state index in [0.717, 1.165) is 6.54 Å². The predicted molar refractivity (Wildman–Crippen MR) is 86.0 cm³/mol. The number of aliphatic hydroxyl groups excluding tert-OH is 1. The molecule has 0 fully saturated rings. The zero-order valence-electron chi connectivity index (χ0n) is 13.8. The van der Waals surface area contributed by atoms with Crippen LogP contribution >= 0.6 is 0 Å². The summed E-state index contributed by atoms with van der Waals surface area (Å²) < 4.78 is 10.8. The number of hydrogen-bond donors (Lipinski definition) is 2. The second-order valence-corrected chi connectivity index (χ2v) is 6.39. The van der Waals surface area contributed by atoms with Crippen molar-refractivity contribution in [2.75, 3.05) is 26.8 Å². The number of aliphatic hydroxyl groups is 1. The van der Waals surface area contributed by atoms with Crippen molar-refractivity contribution in [1.29, 1.82) is 0 Å². The first-order chi connectivity index (χ1) is 9.86. The molecular formula is C17H29NO3. The largest absolute Gasteiger partial charge is 0.493 e. The lowest BCUT2D eigenvalue weighted by atomic mass is 9.81. The highest BCUT2D eigenvalue weighted by atomic mass is 16.5. The van der Waals surface area contributed by atoms with E-state index in [2.05, 4.69) is 33.0 Å². The fourth-order valence-electron chi connectivity index (χ4n) is 1.75. The fraction of sp³-hybridized carbons (Fsp3) is 0.647. The van der Waals surface area contributed by atoms with Gasteiger partial charge in [-0.2, -0.15) is 0 Å². The molecule has 0 saturated heterocycles. The molecule has 0 radical (unpaired) electrons. The van der Waals surface area contributed by atoms with Gasteiger partial charge in [-0.25, -0.2) is 0 Å². The quantitative estimate of drug-likeness (QED) is 0.735. The molecule has 0 saturated carbocycles. The molecular weight excluding hydrogens is 266 g/mol. The van der Waals surface area contributed by atoms with Gasteiger partial charge in [0.15, 0.2) is 11.5 Å². The topological polar surface area (TPSA) is 50.7 Å². The van der Waals surface area contributed by atoms with Gasteiger partial charge in [-0.1, -0.05) is 39.8 Å². The van der Waals surface area contributed by atoms with E-state index in [0.29, 0.717) is 24.0 Å². The molecule has 1 aromatic rings. The Labute approximate surface area is 128 Å². The lowest BCUT2D eigenvalue weighted by molar-refractivity contribution is 0.0996. The first-order valence-corrected chi connectivity index (χ1v) is 7.51. The molecule has 4 nitrogen and oxygen atoms in total. The van der Waals surface area contributed by atoms with Crippen molar-refractivity contribution in [3.8, 4) is 11.5 Å². The Morgan fingerprint density at radius 1 is 1.19 bits per heavy atom. The molecule has 0 aromatic heterocycles. The van der Waals surface area contributed by atoms with Gasteiger partial charge in [-0.3, -0.25) is 0 Å². The third kappa shape index (κ3) is 5.94. The highest BCUT2D eigenvalue weighted by Gasteiger charge is 2.22. The fourth-order valence-corrected chi connectivity index (χ4v) is 1.75. The van der Waals surface area contributed by atoms with E-state index in [4.69, 9.17) is 9.47 Å². The normalized spacial score (nSPS) is 13.3. The average Bonchev–Trinajstić information content (AvgIpc) is 2.45. The highest BCUT2D eigenvalue weighted by molar-refractivity contribution is 5.39. The molecule has 120 valence electrons. The minimum absolute atomic E-state index is 0.212. The van der Waals surface area contributed by atoms with Crippen LogP contribution in [0.2, 0.25) is 0 Å². The van der Waals surface area contributed by atoms with Gasteiger partial charge in [0.1, 0.15) is 12.7 Å². The second-order valence-electron chi connectivity index (χ2n) is 6.39. The van der Waals surface area contributed by atoms with Crippen LogP contribution in [0.3, 0.4) is 0 Å². The highest BCUT2D eigenvalue weighted by Crippen LogP contribution is 2.26. The molecule has 0 aliphatic heterocycles. The van der Waals surface area contributed by atoms with E-state index >= 15 is 0 Å². The summed E-state index contributed by atoms with van der Waals surface area (Å²) in [6.07, 6.45) is -0.544. The van der Waals surface area contributed by atoms with E-state index in [1.54, 1.807) is 7.11 Å². The molecule has 0 amide bonds. The van der Waals surface area contributed by atoms with E-state index in [-0.39, 0.29) is 12.0 Å². The van der Waals surface area contributed by atoms with Crippen LogP contribution < -0.4 is 14.8 Å². The van der Waals surface area contributed by atoms with Crippen LogP contribution in [-0.4, -0.2) is 38.0 Å². The number of para-hydroxylation sites is 2.